The van der Waals surface area contributed by atoms with Crippen LogP contribution < -0.4 is 15.2 Å². The molecule has 162 valence electrons. The molecule has 2 aliphatic heterocycles. The Bertz CT molecular complexity index is 1270. The first-order chi connectivity index (χ1) is 14.9. The van der Waals surface area contributed by atoms with E-state index in [9.17, 15) is 13.2 Å². The number of thiophene rings is 1. The highest BCUT2D eigenvalue weighted by Gasteiger charge is 2.35. The Morgan fingerprint density at radius 2 is 1.84 bits per heavy atom. The van der Waals surface area contributed by atoms with Crippen molar-refractivity contribution >= 4 is 37.4 Å². The third kappa shape index (κ3) is 3.55. The minimum absolute atomic E-state index is 0.0811. The summed E-state index contributed by atoms with van der Waals surface area (Å²) in [7, 11) is -3.80. The summed E-state index contributed by atoms with van der Waals surface area (Å²) in [5.74, 6) is 0.393. The highest BCUT2D eigenvalue weighted by atomic mass is 32.2. The van der Waals surface area contributed by atoms with Crippen molar-refractivity contribution in [1.29, 1.82) is 0 Å². The van der Waals surface area contributed by atoms with E-state index in [1.54, 1.807) is 6.07 Å². The smallest absolute Gasteiger partial charge is 0.259 e. The number of primary amides is 1. The highest BCUT2D eigenvalue weighted by molar-refractivity contribution is 7.89. The average molecular weight is 461 g/mol. The Morgan fingerprint density at radius 3 is 2.65 bits per heavy atom. The number of fused-ring (bicyclic) bond motifs is 2. The van der Waals surface area contributed by atoms with E-state index in [0.717, 1.165) is 10.1 Å². The molecular weight excluding hydrogens is 440 g/mol. The number of sulfonamides is 1. The average Bonchev–Trinajstić information content (AvgIpc) is 3.19. The maximum Gasteiger partial charge on any atom is 0.259 e. The molecule has 5 rings (SSSR count). The van der Waals surface area contributed by atoms with Gasteiger partial charge >= 0.3 is 0 Å². The molecule has 1 saturated heterocycles. The van der Waals surface area contributed by atoms with E-state index in [0.29, 0.717) is 35.2 Å². The fourth-order valence-corrected chi connectivity index (χ4v) is 6.47. The van der Waals surface area contributed by atoms with Gasteiger partial charge in [-0.25, -0.2) is 8.42 Å². The van der Waals surface area contributed by atoms with Crippen molar-refractivity contribution in [3.63, 3.8) is 0 Å². The Kier molecular flexibility index (Phi) is 5.09. The van der Waals surface area contributed by atoms with E-state index in [4.69, 9.17) is 19.9 Å². The van der Waals surface area contributed by atoms with Gasteiger partial charge in [-0.2, -0.15) is 4.31 Å². The van der Waals surface area contributed by atoms with Crippen molar-refractivity contribution in [2.24, 2.45) is 5.73 Å². The van der Waals surface area contributed by atoms with Gasteiger partial charge in [-0.15, -0.1) is 11.3 Å². The number of hydrogen-bond donors (Lipinski definition) is 1. The number of hydrogen-bond acceptors (Lipinski definition) is 7. The lowest BCUT2D eigenvalue weighted by Gasteiger charge is -2.32. The molecule has 1 amide bonds. The zero-order valence-corrected chi connectivity index (χ0v) is 18.1. The predicted molar refractivity (Wildman–Crippen MR) is 115 cm³/mol. The zero-order chi connectivity index (χ0) is 21.6. The summed E-state index contributed by atoms with van der Waals surface area (Å²) in [6, 6.07) is 12.2. The summed E-state index contributed by atoms with van der Waals surface area (Å²) in [5, 5.41) is 0.852. The molecule has 0 unspecified atom stereocenters. The molecule has 31 heavy (non-hydrogen) atoms. The topological polar surface area (TPSA) is 108 Å². The predicted octanol–water partition coefficient (Wildman–Crippen LogP) is 2.53. The lowest BCUT2D eigenvalue weighted by atomic mass is 10.0. The van der Waals surface area contributed by atoms with E-state index in [-0.39, 0.29) is 24.6 Å². The molecule has 2 aliphatic rings. The Hall–Kier alpha value is -2.66. The van der Waals surface area contributed by atoms with Gasteiger partial charge in [-0.3, -0.25) is 4.79 Å². The number of ether oxygens (including phenoxy) is 3. The maximum absolute atomic E-state index is 13.4. The molecule has 3 aromatic rings. The van der Waals surface area contributed by atoms with E-state index >= 15 is 0 Å². The molecule has 0 bridgehead atoms. The number of benzene rings is 2. The van der Waals surface area contributed by atoms with Crippen LogP contribution >= 0.6 is 11.3 Å². The summed E-state index contributed by atoms with van der Waals surface area (Å²) in [5.41, 5.74) is 6.27. The van der Waals surface area contributed by atoms with Crippen LogP contribution in [0.4, 0.5) is 0 Å². The summed E-state index contributed by atoms with van der Waals surface area (Å²) in [6.07, 6.45) is -0.598. The molecule has 0 radical (unpaired) electrons. The van der Waals surface area contributed by atoms with Crippen LogP contribution in [0, 0.1) is 0 Å². The number of morpholine rings is 1. The standard InChI is InChI=1S/C21H20N2O6S2/c22-21(24)20-19(14-3-1-2-4-18(14)30-20)17-12-23(7-8-27-17)31(25,26)13-5-6-15-16(11-13)29-10-9-28-15/h1-6,11,17H,7-10,12H2,(H2,22,24)/t17-/m0/s1. The normalized spacial score (nSPS) is 19.4. The first-order valence-electron chi connectivity index (χ1n) is 9.78. The van der Waals surface area contributed by atoms with Gasteiger partial charge in [0.25, 0.3) is 5.91 Å². The molecule has 10 heteroatoms. The molecule has 2 N–H and O–H groups in total. The molecule has 1 aromatic heterocycles. The minimum atomic E-state index is -3.80. The van der Waals surface area contributed by atoms with Gasteiger partial charge in [-0.1, -0.05) is 18.2 Å². The van der Waals surface area contributed by atoms with Gasteiger partial charge in [0, 0.05) is 29.4 Å². The van der Waals surface area contributed by atoms with Crippen molar-refractivity contribution in [3.8, 4) is 11.5 Å². The Morgan fingerprint density at radius 1 is 1.06 bits per heavy atom. The van der Waals surface area contributed by atoms with Crippen LogP contribution in [0.3, 0.4) is 0 Å². The highest BCUT2D eigenvalue weighted by Crippen LogP contribution is 2.39. The lowest BCUT2D eigenvalue weighted by molar-refractivity contribution is -0.00189. The van der Waals surface area contributed by atoms with Crippen LogP contribution in [0.5, 0.6) is 11.5 Å². The second-order valence-electron chi connectivity index (χ2n) is 7.23. The number of carbonyl (C=O) groups excluding carboxylic acids is 1. The van der Waals surface area contributed by atoms with E-state index < -0.39 is 22.0 Å². The minimum Gasteiger partial charge on any atom is -0.486 e. The SMILES string of the molecule is NC(=O)c1sc2ccccc2c1[C@@H]1CN(S(=O)(=O)c2ccc3c(c2)OCCO3)CCO1. The third-order valence-electron chi connectivity index (χ3n) is 5.36. The van der Waals surface area contributed by atoms with Gasteiger partial charge < -0.3 is 19.9 Å². The molecule has 2 aromatic carbocycles. The van der Waals surface area contributed by atoms with Crippen molar-refractivity contribution in [1.82, 2.24) is 4.31 Å². The van der Waals surface area contributed by atoms with E-state index in [2.05, 4.69) is 0 Å². The van der Waals surface area contributed by atoms with Gasteiger partial charge in [0.2, 0.25) is 10.0 Å². The van der Waals surface area contributed by atoms with Crippen LogP contribution in [0.15, 0.2) is 47.4 Å². The first kappa shape index (κ1) is 20.3. The van der Waals surface area contributed by atoms with Crippen molar-refractivity contribution in [2.75, 3.05) is 32.9 Å². The molecular formula is C21H20N2O6S2. The number of carbonyl (C=O) groups is 1. The second kappa shape index (κ2) is 7.79. The Balaban J connectivity index is 1.49. The van der Waals surface area contributed by atoms with Crippen molar-refractivity contribution in [3.05, 3.63) is 52.9 Å². The van der Waals surface area contributed by atoms with Gasteiger partial charge in [0.05, 0.1) is 22.5 Å². The van der Waals surface area contributed by atoms with Crippen LogP contribution in [-0.4, -0.2) is 51.5 Å². The first-order valence-corrected chi connectivity index (χ1v) is 12.0. The molecule has 1 atom stereocenters. The fourth-order valence-electron chi connectivity index (χ4n) is 3.92. The third-order valence-corrected chi connectivity index (χ3v) is 8.42. The number of rotatable bonds is 4. The molecule has 8 nitrogen and oxygen atoms in total. The molecule has 3 heterocycles. The van der Waals surface area contributed by atoms with Crippen molar-refractivity contribution < 1.29 is 27.4 Å². The van der Waals surface area contributed by atoms with E-state index in [1.807, 2.05) is 24.3 Å². The van der Waals surface area contributed by atoms with Gasteiger partial charge in [-0.05, 0) is 23.6 Å². The lowest BCUT2D eigenvalue weighted by Crippen LogP contribution is -2.42. The molecule has 0 aliphatic carbocycles. The summed E-state index contributed by atoms with van der Waals surface area (Å²) >= 11 is 1.29. The van der Waals surface area contributed by atoms with Gasteiger partial charge in [0.15, 0.2) is 11.5 Å². The summed E-state index contributed by atoms with van der Waals surface area (Å²) in [6.45, 7) is 1.30. The molecule has 0 spiro atoms. The number of nitrogens with two attached hydrogens (primary N) is 1. The number of amides is 1. The summed E-state index contributed by atoms with van der Waals surface area (Å²) < 4.78 is 45.9. The Labute approximate surface area is 183 Å². The van der Waals surface area contributed by atoms with Crippen molar-refractivity contribution in [2.45, 2.75) is 11.0 Å². The molecule has 1 fully saturated rings. The summed E-state index contributed by atoms with van der Waals surface area (Å²) in [4.78, 5) is 12.6. The largest absolute Gasteiger partial charge is 0.486 e. The fraction of sp³-hybridized carbons (Fsp3) is 0.286. The van der Waals surface area contributed by atoms with Crippen LogP contribution in [0.25, 0.3) is 10.1 Å². The second-order valence-corrected chi connectivity index (χ2v) is 10.2. The van der Waals surface area contributed by atoms with Crippen LogP contribution in [0.1, 0.15) is 21.3 Å². The number of nitrogens with zero attached hydrogens (tertiary/aromatic N) is 1. The quantitative estimate of drug-likeness (QED) is 0.641. The van der Waals surface area contributed by atoms with E-state index in [1.165, 1.54) is 27.8 Å². The zero-order valence-electron chi connectivity index (χ0n) is 16.4. The molecule has 0 saturated carbocycles. The van der Waals surface area contributed by atoms with Crippen LogP contribution in [0.2, 0.25) is 0 Å². The monoisotopic (exact) mass is 460 g/mol. The van der Waals surface area contributed by atoms with Crippen LogP contribution in [-0.2, 0) is 14.8 Å². The van der Waals surface area contributed by atoms with Gasteiger partial charge in [0.1, 0.15) is 13.2 Å². The maximum atomic E-state index is 13.4.